The average molecular weight is 573 g/mol. The van der Waals surface area contributed by atoms with E-state index >= 15 is 0 Å². The smallest absolute Gasteiger partial charge is 0.303 e. The fourth-order valence-corrected chi connectivity index (χ4v) is 5.41. The van der Waals surface area contributed by atoms with Gasteiger partial charge in [-0.25, -0.2) is 9.98 Å². The molecule has 3 heterocycles. The third-order valence-corrected chi connectivity index (χ3v) is 7.62. The molecule has 10 heteroatoms. The average Bonchev–Trinajstić information content (AvgIpc) is 2.99. The number of halogens is 1. The van der Waals surface area contributed by atoms with Gasteiger partial charge in [0.1, 0.15) is 5.82 Å². The van der Waals surface area contributed by atoms with Gasteiger partial charge in [-0.2, -0.15) is 0 Å². The van der Waals surface area contributed by atoms with Gasteiger partial charge in [-0.1, -0.05) is 30.2 Å². The standard InChI is InChI=1S/C31H33ClN6O3/c1-33-20-23-5-4-14-34-30(23)37-15-17-38(18-16-37)31(41)22-10-13-25-27(19-22)35-26(6-2-3-7-28(39)40)29(36-25)21-8-11-24(32)12-9-21/h4-5,8-14,19-20,26,35H,2-3,6-7,15-18H2,1H3,(H,39,40). The minimum atomic E-state index is -0.794. The van der Waals surface area contributed by atoms with Gasteiger partial charge in [-0.15, -0.1) is 0 Å². The van der Waals surface area contributed by atoms with Gasteiger partial charge in [0.05, 0.1) is 23.1 Å². The number of hydrogen-bond acceptors (Lipinski definition) is 7. The number of anilines is 2. The zero-order chi connectivity index (χ0) is 28.8. The predicted octanol–water partition coefficient (Wildman–Crippen LogP) is 5.31. The highest BCUT2D eigenvalue weighted by Crippen LogP contribution is 2.34. The first-order valence-electron chi connectivity index (χ1n) is 13.8. The van der Waals surface area contributed by atoms with Gasteiger partial charge < -0.3 is 20.2 Å². The summed E-state index contributed by atoms with van der Waals surface area (Å²) >= 11 is 6.11. The number of nitrogens with one attached hydrogen (secondary N) is 1. The third kappa shape index (κ3) is 6.74. The monoisotopic (exact) mass is 572 g/mol. The quantitative estimate of drug-likeness (QED) is 0.266. The lowest BCUT2D eigenvalue weighted by atomic mass is 9.95. The van der Waals surface area contributed by atoms with Gasteiger partial charge >= 0.3 is 5.97 Å². The van der Waals surface area contributed by atoms with Crippen molar-refractivity contribution in [3.05, 3.63) is 82.5 Å². The fourth-order valence-electron chi connectivity index (χ4n) is 5.28. The lowest BCUT2D eigenvalue weighted by Crippen LogP contribution is -2.49. The Hall–Kier alpha value is -4.24. The molecule has 2 aromatic carbocycles. The van der Waals surface area contributed by atoms with Crippen LogP contribution in [0.2, 0.25) is 5.02 Å². The Kier molecular flexibility index (Phi) is 8.94. The molecular formula is C31H33ClN6O3. The number of aromatic nitrogens is 1. The molecule has 2 aliphatic rings. The van der Waals surface area contributed by atoms with E-state index in [1.165, 1.54) is 0 Å². The number of rotatable bonds is 9. The zero-order valence-electron chi connectivity index (χ0n) is 23.0. The lowest BCUT2D eigenvalue weighted by Gasteiger charge is -2.36. The van der Waals surface area contributed by atoms with Crippen molar-refractivity contribution in [2.24, 2.45) is 9.98 Å². The number of amides is 1. The van der Waals surface area contributed by atoms with Gasteiger partial charge in [-0.3, -0.25) is 14.6 Å². The minimum Gasteiger partial charge on any atom is -0.481 e. The summed E-state index contributed by atoms with van der Waals surface area (Å²) in [5.41, 5.74) is 4.96. The van der Waals surface area contributed by atoms with Crippen LogP contribution in [0, 0.1) is 0 Å². The summed E-state index contributed by atoms with van der Waals surface area (Å²) in [4.78, 5) is 42.2. The molecule has 2 N–H and O–H groups in total. The Labute approximate surface area is 244 Å². The van der Waals surface area contributed by atoms with E-state index in [0.717, 1.165) is 40.5 Å². The SMILES string of the molecule is CN=Cc1cccnc1N1CCN(C(=O)c2ccc3c(c2)NC(CCCCC(=O)O)C(c2ccc(Cl)cc2)=N3)CC1. The molecule has 212 valence electrons. The van der Waals surface area contributed by atoms with Crippen molar-refractivity contribution in [2.45, 2.75) is 31.7 Å². The van der Waals surface area contributed by atoms with E-state index in [9.17, 15) is 9.59 Å². The molecule has 1 amide bonds. The highest BCUT2D eigenvalue weighted by molar-refractivity contribution is 6.30. The predicted molar refractivity (Wildman–Crippen MR) is 163 cm³/mol. The Morgan fingerprint density at radius 1 is 1.10 bits per heavy atom. The molecule has 0 saturated carbocycles. The van der Waals surface area contributed by atoms with E-state index in [-0.39, 0.29) is 18.4 Å². The summed E-state index contributed by atoms with van der Waals surface area (Å²) in [5.74, 6) is 0.0702. The van der Waals surface area contributed by atoms with Crippen LogP contribution < -0.4 is 10.2 Å². The number of hydrogen-bond donors (Lipinski definition) is 2. The van der Waals surface area contributed by atoms with E-state index in [1.54, 1.807) is 19.5 Å². The van der Waals surface area contributed by atoms with Crippen LogP contribution in [0.15, 0.2) is 70.8 Å². The first-order chi connectivity index (χ1) is 19.9. The van der Waals surface area contributed by atoms with Gasteiger partial charge in [-0.05, 0) is 60.9 Å². The van der Waals surface area contributed by atoms with Crippen LogP contribution in [0.1, 0.15) is 47.2 Å². The van der Waals surface area contributed by atoms with Crippen molar-refractivity contribution in [1.29, 1.82) is 0 Å². The topological polar surface area (TPSA) is 110 Å². The number of piperazine rings is 1. The Bertz CT molecular complexity index is 1460. The van der Waals surface area contributed by atoms with E-state index in [1.807, 2.05) is 59.5 Å². The van der Waals surface area contributed by atoms with E-state index < -0.39 is 5.97 Å². The Morgan fingerprint density at radius 2 is 1.88 bits per heavy atom. The normalized spacial score (nSPS) is 16.7. The molecule has 0 aliphatic carbocycles. The van der Waals surface area contributed by atoms with Crippen LogP contribution in [-0.2, 0) is 4.79 Å². The van der Waals surface area contributed by atoms with Crippen molar-refractivity contribution < 1.29 is 14.7 Å². The molecule has 9 nitrogen and oxygen atoms in total. The fraction of sp³-hybridized carbons (Fsp3) is 0.323. The van der Waals surface area contributed by atoms with Gasteiger partial charge in [0, 0.05) is 68.2 Å². The van der Waals surface area contributed by atoms with Gasteiger partial charge in [0.15, 0.2) is 0 Å². The second-order valence-corrected chi connectivity index (χ2v) is 10.6. The molecule has 41 heavy (non-hydrogen) atoms. The zero-order valence-corrected chi connectivity index (χ0v) is 23.7. The number of unbranched alkanes of at least 4 members (excludes halogenated alkanes) is 1. The second kappa shape index (κ2) is 13.0. The van der Waals surface area contributed by atoms with E-state index in [4.69, 9.17) is 21.7 Å². The number of aliphatic imine (C=N–C) groups is 2. The maximum atomic E-state index is 13.5. The van der Waals surface area contributed by atoms with Gasteiger partial charge in [0.2, 0.25) is 0 Å². The Balaban J connectivity index is 1.31. The molecule has 2 aliphatic heterocycles. The molecule has 1 unspecified atom stereocenters. The van der Waals surface area contributed by atoms with Crippen LogP contribution in [0.4, 0.5) is 17.2 Å². The van der Waals surface area contributed by atoms with Crippen molar-refractivity contribution in [2.75, 3.05) is 43.4 Å². The molecule has 1 aromatic heterocycles. The van der Waals surface area contributed by atoms with E-state index in [0.29, 0.717) is 49.6 Å². The molecule has 0 radical (unpaired) electrons. The second-order valence-electron chi connectivity index (χ2n) is 10.2. The number of pyridine rings is 1. The summed E-state index contributed by atoms with van der Waals surface area (Å²) in [6.45, 7) is 2.55. The third-order valence-electron chi connectivity index (χ3n) is 7.37. The summed E-state index contributed by atoms with van der Waals surface area (Å²) in [6.07, 6.45) is 5.75. The number of nitrogens with zero attached hydrogens (tertiary/aromatic N) is 5. The molecule has 3 aromatic rings. The summed E-state index contributed by atoms with van der Waals surface area (Å²) in [7, 11) is 1.74. The van der Waals surface area contributed by atoms with Crippen molar-refractivity contribution in [3.8, 4) is 0 Å². The maximum absolute atomic E-state index is 13.5. The molecule has 1 fully saturated rings. The van der Waals surface area contributed by atoms with Crippen LogP contribution in [0.5, 0.6) is 0 Å². The lowest BCUT2D eigenvalue weighted by molar-refractivity contribution is -0.137. The maximum Gasteiger partial charge on any atom is 0.303 e. The largest absolute Gasteiger partial charge is 0.481 e. The molecule has 1 saturated heterocycles. The van der Waals surface area contributed by atoms with Crippen molar-refractivity contribution >= 4 is 52.6 Å². The minimum absolute atomic E-state index is 0.0175. The van der Waals surface area contributed by atoms with E-state index in [2.05, 4.69) is 20.2 Å². The number of aliphatic carboxylic acids is 1. The Morgan fingerprint density at radius 3 is 2.61 bits per heavy atom. The highest BCUT2D eigenvalue weighted by atomic mass is 35.5. The number of carboxylic acids is 1. The molecule has 5 rings (SSSR count). The molecular weight excluding hydrogens is 540 g/mol. The number of carbonyl (C=O) groups is 2. The number of benzene rings is 2. The first kappa shape index (κ1) is 28.3. The van der Waals surface area contributed by atoms with Crippen LogP contribution in [0.25, 0.3) is 0 Å². The molecule has 1 atom stereocenters. The van der Waals surface area contributed by atoms with Crippen LogP contribution in [-0.4, -0.2) is 78.1 Å². The summed E-state index contributed by atoms with van der Waals surface area (Å²) in [5, 5.41) is 13.3. The number of carbonyl (C=O) groups excluding carboxylic acids is 1. The summed E-state index contributed by atoms with van der Waals surface area (Å²) < 4.78 is 0. The van der Waals surface area contributed by atoms with Crippen LogP contribution >= 0.6 is 11.6 Å². The molecule has 0 bridgehead atoms. The summed E-state index contributed by atoms with van der Waals surface area (Å²) in [6, 6.07) is 16.9. The first-order valence-corrected chi connectivity index (χ1v) is 14.2. The number of carboxylic acid groups (broad SMARTS) is 1. The van der Waals surface area contributed by atoms with Crippen molar-refractivity contribution in [3.63, 3.8) is 0 Å². The number of fused-ring (bicyclic) bond motifs is 1. The van der Waals surface area contributed by atoms with Crippen molar-refractivity contribution in [1.82, 2.24) is 9.88 Å². The van der Waals surface area contributed by atoms with Crippen LogP contribution in [0.3, 0.4) is 0 Å². The molecule has 0 spiro atoms. The highest BCUT2D eigenvalue weighted by Gasteiger charge is 2.27. The van der Waals surface area contributed by atoms with Gasteiger partial charge in [0.25, 0.3) is 5.91 Å².